The molecule has 0 spiro atoms. The number of allylic oxidation sites excluding steroid dienone is 18. The van der Waals surface area contributed by atoms with E-state index in [1.54, 1.807) is 0 Å². The van der Waals surface area contributed by atoms with Crippen molar-refractivity contribution in [1.82, 2.24) is 0 Å². The molecule has 1 atom stereocenters. The Morgan fingerprint density at radius 2 is 0.557 bits per heavy atom. The van der Waals surface area contributed by atoms with Crippen molar-refractivity contribution >= 4 is 17.9 Å². The topological polar surface area (TPSA) is 78.9 Å². The zero-order valence-electron chi connectivity index (χ0n) is 45.5. The van der Waals surface area contributed by atoms with E-state index < -0.39 is 6.10 Å². The van der Waals surface area contributed by atoms with Crippen LogP contribution in [0.1, 0.15) is 258 Å². The van der Waals surface area contributed by atoms with Crippen LogP contribution in [0.15, 0.2) is 109 Å². The van der Waals surface area contributed by atoms with Crippen LogP contribution in [0.25, 0.3) is 0 Å². The Hall–Kier alpha value is -3.93. The summed E-state index contributed by atoms with van der Waals surface area (Å²) >= 11 is 0. The van der Waals surface area contributed by atoms with Gasteiger partial charge in [0.2, 0.25) is 0 Å². The van der Waals surface area contributed by atoms with Crippen LogP contribution in [0.4, 0.5) is 0 Å². The predicted octanol–water partition coefficient (Wildman–Crippen LogP) is 19.5. The van der Waals surface area contributed by atoms with Crippen molar-refractivity contribution in [3.63, 3.8) is 0 Å². The van der Waals surface area contributed by atoms with E-state index >= 15 is 0 Å². The lowest BCUT2D eigenvalue weighted by Gasteiger charge is -2.18. The summed E-state index contributed by atoms with van der Waals surface area (Å²) in [4.78, 5) is 38.2. The normalized spacial score (nSPS) is 12.9. The molecular formula is C64H106O6. The molecule has 0 heterocycles. The Bertz CT molecular complexity index is 1440. The van der Waals surface area contributed by atoms with Crippen LogP contribution in [0.3, 0.4) is 0 Å². The first-order valence-corrected chi connectivity index (χ1v) is 28.9. The van der Waals surface area contributed by atoms with Gasteiger partial charge in [0.1, 0.15) is 13.2 Å². The van der Waals surface area contributed by atoms with Crippen LogP contribution in [-0.2, 0) is 28.6 Å². The molecule has 0 fully saturated rings. The summed E-state index contributed by atoms with van der Waals surface area (Å²) in [7, 11) is 0. The predicted molar refractivity (Wildman–Crippen MR) is 302 cm³/mol. The van der Waals surface area contributed by atoms with Crippen LogP contribution in [0.5, 0.6) is 0 Å². The molecule has 6 heteroatoms. The van der Waals surface area contributed by atoms with E-state index in [1.807, 2.05) is 0 Å². The smallest absolute Gasteiger partial charge is 0.306 e. The van der Waals surface area contributed by atoms with Crippen LogP contribution in [0.2, 0.25) is 0 Å². The molecule has 0 saturated carbocycles. The highest BCUT2D eigenvalue weighted by atomic mass is 16.6. The van der Waals surface area contributed by atoms with E-state index in [0.717, 1.165) is 148 Å². The fourth-order valence-electron chi connectivity index (χ4n) is 7.75. The molecule has 0 bridgehead atoms. The summed E-state index contributed by atoms with van der Waals surface area (Å²) in [5, 5.41) is 0. The lowest BCUT2D eigenvalue weighted by atomic mass is 10.0. The molecule has 0 aromatic rings. The van der Waals surface area contributed by atoms with E-state index in [0.29, 0.717) is 19.3 Å². The minimum atomic E-state index is -0.800. The molecule has 0 aliphatic carbocycles. The molecule has 0 aliphatic rings. The molecule has 0 aromatic carbocycles. The Kier molecular flexibility index (Phi) is 54.4. The van der Waals surface area contributed by atoms with E-state index in [4.69, 9.17) is 14.2 Å². The molecule has 6 nitrogen and oxygen atoms in total. The quantitative estimate of drug-likeness (QED) is 0.0262. The van der Waals surface area contributed by atoms with Gasteiger partial charge in [-0.05, 0) is 103 Å². The molecule has 1 unspecified atom stereocenters. The number of carbonyl (C=O) groups is 3. The summed E-state index contributed by atoms with van der Waals surface area (Å²) < 4.78 is 16.8. The minimum Gasteiger partial charge on any atom is -0.462 e. The van der Waals surface area contributed by atoms with Crippen LogP contribution in [-0.4, -0.2) is 37.2 Å². The van der Waals surface area contributed by atoms with Crippen molar-refractivity contribution in [2.75, 3.05) is 13.2 Å². The third-order valence-corrected chi connectivity index (χ3v) is 12.0. The van der Waals surface area contributed by atoms with Gasteiger partial charge in [0, 0.05) is 19.3 Å². The van der Waals surface area contributed by atoms with Gasteiger partial charge in [-0.25, -0.2) is 0 Å². The molecule has 70 heavy (non-hydrogen) atoms. The lowest BCUT2D eigenvalue weighted by molar-refractivity contribution is -0.167. The highest BCUT2D eigenvalue weighted by Gasteiger charge is 2.19. The van der Waals surface area contributed by atoms with E-state index in [-0.39, 0.29) is 31.1 Å². The number of carbonyl (C=O) groups excluding carboxylic acids is 3. The maximum atomic E-state index is 12.9. The zero-order valence-corrected chi connectivity index (χ0v) is 45.5. The molecular weight excluding hydrogens is 865 g/mol. The molecule has 0 N–H and O–H groups in total. The van der Waals surface area contributed by atoms with Gasteiger partial charge in [0.25, 0.3) is 0 Å². The monoisotopic (exact) mass is 971 g/mol. The van der Waals surface area contributed by atoms with Crippen LogP contribution < -0.4 is 0 Å². The molecule has 0 aromatic heterocycles. The Balaban J connectivity index is 4.46. The van der Waals surface area contributed by atoms with Crippen LogP contribution >= 0.6 is 0 Å². The van der Waals surface area contributed by atoms with Crippen molar-refractivity contribution in [2.45, 2.75) is 264 Å². The summed E-state index contributed by atoms with van der Waals surface area (Å²) in [6.45, 7) is 6.38. The average molecular weight is 972 g/mol. The van der Waals surface area contributed by atoms with Gasteiger partial charge < -0.3 is 14.2 Å². The van der Waals surface area contributed by atoms with Crippen molar-refractivity contribution in [1.29, 1.82) is 0 Å². The second-order valence-corrected chi connectivity index (χ2v) is 18.8. The molecule has 0 amide bonds. The third kappa shape index (κ3) is 55.0. The molecule has 0 radical (unpaired) electrons. The van der Waals surface area contributed by atoms with Crippen molar-refractivity contribution < 1.29 is 28.6 Å². The zero-order chi connectivity index (χ0) is 50.7. The molecule has 0 saturated heterocycles. The fourth-order valence-corrected chi connectivity index (χ4v) is 7.75. The minimum absolute atomic E-state index is 0.0940. The molecule has 398 valence electrons. The van der Waals surface area contributed by atoms with Gasteiger partial charge in [-0.2, -0.15) is 0 Å². The highest BCUT2D eigenvalue weighted by molar-refractivity contribution is 5.71. The van der Waals surface area contributed by atoms with Crippen LogP contribution in [0, 0.1) is 0 Å². The molecule has 0 rings (SSSR count). The van der Waals surface area contributed by atoms with E-state index in [2.05, 4.69) is 130 Å². The second-order valence-electron chi connectivity index (χ2n) is 18.8. The van der Waals surface area contributed by atoms with Gasteiger partial charge >= 0.3 is 17.9 Å². The molecule has 0 aliphatic heterocycles. The summed E-state index contributed by atoms with van der Waals surface area (Å²) in [5.74, 6) is -0.935. The van der Waals surface area contributed by atoms with Crippen molar-refractivity contribution in [3.8, 4) is 0 Å². The Labute approximate surface area is 431 Å². The summed E-state index contributed by atoms with van der Waals surface area (Å²) in [6.07, 6.45) is 77.9. The lowest BCUT2D eigenvalue weighted by Crippen LogP contribution is -2.30. The van der Waals surface area contributed by atoms with E-state index in [9.17, 15) is 14.4 Å². The number of hydrogen-bond acceptors (Lipinski definition) is 6. The Morgan fingerprint density at radius 3 is 0.871 bits per heavy atom. The van der Waals surface area contributed by atoms with Gasteiger partial charge in [-0.1, -0.05) is 246 Å². The standard InChI is InChI=1S/C64H106O6/c1-4-7-10-13-16-19-22-25-28-30-31-32-33-35-36-39-42-45-48-51-54-57-63(66)69-60-61(59-68-62(65)56-53-50-47-44-41-38-27-24-21-18-15-12-9-6-3)70-64(67)58-55-52-49-46-43-40-37-34-29-26-23-20-17-14-11-8-5-2/h7-8,10-11,16-17,19-20,25-26,28-29,31-32,35-37,40,61H,4-6,9,12-15,18,21-24,27,30,33-34,38-39,41-60H2,1-3H3/b10-7-,11-8-,19-16-,20-17-,28-25-,29-26-,32-31-,36-35-,40-37-. The number of unbranched alkanes of at least 4 members (excludes halogenated alkanes) is 22. The largest absolute Gasteiger partial charge is 0.462 e. The SMILES string of the molecule is CC/C=C\C/C=C\C/C=C\C/C=C\C/C=C\CCCCCCCC(=O)OCC(COC(=O)CCCCCCCCCCCCCCCC)OC(=O)CCCCCC/C=C\C/C=C\C/C=C\C/C=C\CC. The number of esters is 3. The second kappa shape index (κ2) is 57.6. The first kappa shape index (κ1) is 66.1. The van der Waals surface area contributed by atoms with Gasteiger partial charge in [0.05, 0.1) is 0 Å². The first-order chi connectivity index (χ1) is 34.5. The number of ether oxygens (including phenoxy) is 3. The van der Waals surface area contributed by atoms with Gasteiger partial charge in [-0.3, -0.25) is 14.4 Å². The fraction of sp³-hybridized carbons (Fsp3) is 0.672. The maximum absolute atomic E-state index is 12.9. The number of hydrogen-bond donors (Lipinski definition) is 0. The van der Waals surface area contributed by atoms with Crippen molar-refractivity contribution in [3.05, 3.63) is 109 Å². The van der Waals surface area contributed by atoms with E-state index in [1.165, 1.54) is 70.6 Å². The Morgan fingerprint density at radius 1 is 0.300 bits per heavy atom. The maximum Gasteiger partial charge on any atom is 0.306 e. The highest BCUT2D eigenvalue weighted by Crippen LogP contribution is 2.15. The van der Waals surface area contributed by atoms with Gasteiger partial charge in [-0.15, -0.1) is 0 Å². The van der Waals surface area contributed by atoms with Crippen molar-refractivity contribution in [2.24, 2.45) is 0 Å². The summed E-state index contributed by atoms with van der Waals surface area (Å²) in [5.41, 5.74) is 0. The first-order valence-electron chi connectivity index (χ1n) is 28.9. The average Bonchev–Trinajstić information content (AvgIpc) is 3.36. The number of rotatable bonds is 51. The third-order valence-electron chi connectivity index (χ3n) is 12.0. The van der Waals surface area contributed by atoms with Gasteiger partial charge in [0.15, 0.2) is 6.10 Å². The summed E-state index contributed by atoms with van der Waals surface area (Å²) in [6, 6.07) is 0.